The Balaban J connectivity index is 2.23. The van der Waals surface area contributed by atoms with Crippen LogP contribution in [0.4, 0.5) is 0 Å². The van der Waals surface area contributed by atoms with Crippen LogP contribution >= 0.6 is 27.3 Å². The highest BCUT2D eigenvalue weighted by molar-refractivity contribution is 9.10. The molecule has 2 atom stereocenters. The molecule has 1 aromatic heterocycles. The van der Waals surface area contributed by atoms with Gasteiger partial charge >= 0.3 is 0 Å². The maximum Gasteiger partial charge on any atom is 0.0596 e. The Kier molecular flexibility index (Phi) is 5.84. The number of nitrogens with one attached hydrogen (secondary N) is 1. The summed E-state index contributed by atoms with van der Waals surface area (Å²) in [6.07, 6.45) is 1.26. The Morgan fingerprint density at radius 1 is 1.47 bits per heavy atom. The van der Waals surface area contributed by atoms with Crippen molar-refractivity contribution in [2.24, 2.45) is 0 Å². The first-order valence-corrected chi connectivity index (χ1v) is 8.65. The van der Waals surface area contributed by atoms with E-state index in [-0.39, 0.29) is 0 Å². The number of thiophene rings is 1. The lowest BCUT2D eigenvalue weighted by molar-refractivity contribution is 0.180. The van der Waals surface area contributed by atoms with Crippen molar-refractivity contribution in [2.75, 3.05) is 40.3 Å². The van der Waals surface area contributed by atoms with E-state index in [2.05, 4.69) is 63.5 Å². The van der Waals surface area contributed by atoms with E-state index >= 15 is 0 Å². The first-order valence-electron chi connectivity index (χ1n) is 6.98. The van der Waals surface area contributed by atoms with Gasteiger partial charge in [-0.05, 0) is 67.5 Å². The molecule has 0 radical (unpaired) electrons. The second kappa shape index (κ2) is 7.18. The molecular weight excluding hydrogens is 322 g/mol. The molecule has 19 heavy (non-hydrogen) atoms. The third-order valence-electron chi connectivity index (χ3n) is 3.85. The minimum absolute atomic E-state index is 0.407. The van der Waals surface area contributed by atoms with Crippen molar-refractivity contribution in [1.29, 1.82) is 0 Å². The molecule has 2 rings (SSSR count). The van der Waals surface area contributed by atoms with Gasteiger partial charge < -0.3 is 15.1 Å². The third kappa shape index (κ3) is 3.79. The molecule has 3 nitrogen and oxygen atoms in total. The summed E-state index contributed by atoms with van der Waals surface area (Å²) in [4.78, 5) is 6.40. The van der Waals surface area contributed by atoms with Crippen LogP contribution in [0.15, 0.2) is 15.9 Å². The quantitative estimate of drug-likeness (QED) is 0.905. The molecule has 0 bridgehead atoms. The van der Waals surface area contributed by atoms with Gasteiger partial charge in [0.15, 0.2) is 0 Å². The molecule has 1 saturated heterocycles. The number of hydrogen-bond acceptors (Lipinski definition) is 4. The van der Waals surface area contributed by atoms with Crippen molar-refractivity contribution in [3.8, 4) is 0 Å². The van der Waals surface area contributed by atoms with Gasteiger partial charge in [0, 0.05) is 21.9 Å². The smallest absolute Gasteiger partial charge is 0.0596 e. The zero-order chi connectivity index (χ0) is 13.8. The molecule has 0 aliphatic carbocycles. The topological polar surface area (TPSA) is 18.5 Å². The van der Waals surface area contributed by atoms with Gasteiger partial charge in [0.1, 0.15) is 0 Å². The Bertz CT molecular complexity index is 396. The van der Waals surface area contributed by atoms with Crippen LogP contribution in [-0.2, 0) is 0 Å². The fraction of sp³-hybridized carbons (Fsp3) is 0.714. The Hall–Kier alpha value is 0.0600. The van der Waals surface area contributed by atoms with Gasteiger partial charge in [-0.3, -0.25) is 0 Å². The summed E-state index contributed by atoms with van der Waals surface area (Å²) >= 11 is 5.54. The molecule has 2 heterocycles. The number of halogens is 1. The Morgan fingerprint density at radius 2 is 2.26 bits per heavy atom. The van der Waals surface area contributed by atoms with Crippen LogP contribution in [0.25, 0.3) is 0 Å². The van der Waals surface area contributed by atoms with Crippen LogP contribution in [0.3, 0.4) is 0 Å². The summed E-state index contributed by atoms with van der Waals surface area (Å²) in [5.74, 6) is 0. The Morgan fingerprint density at radius 3 is 2.89 bits per heavy atom. The fourth-order valence-corrected chi connectivity index (χ4v) is 4.57. The number of likely N-dealkylation sites (N-methyl/N-ethyl adjacent to an activating group) is 3. The summed E-state index contributed by atoms with van der Waals surface area (Å²) in [6.45, 7) is 6.70. The lowest BCUT2D eigenvalue weighted by atomic mass is 10.0. The molecule has 1 aromatic rings. The monoisotopic (exact) mass is 345 g/mol. The van der Waals surface area contributed by atoms with Crippen molar-refractivity contribution >= 4 is 27.3 Å². The first-order chi connectivity index (χ1) is 9.13. The van der Waals surface area contributed by atoms with E-state index in [0.717, 1.165) is 13.1 Å². The van der Waals surface area contributed by atoms with Crippen LogP contribution in [0, 0.1) is 0 Å². The number of rotatable bonds is 4. The maximum absolute atomic E-state index is 3.70. The molecule has 108 valence electrons. The zero-order valence-corrected chi connectivity index (χ0v) is 14.4. The van der Waals surface area contributed by atoms with Gasteiger partial charge in [-0.25, -0.2) is 0 Å². The van der Waals surface area contributed by atoms with E-state index in [9.17, 15) is 0 Å². The summed E-state index contributed by atoms with van der Waals surface area (Å²) in [7, 11) is 4.49. The first kappa shape index (κ1) is 15.4. The predicted octanol–water partition coefficient (Wildman–Crippen LogP) is 2.80. The van der Waals surface area contributed by atoms with Crippen molar-refractivity contribution in [2.45, 2.75) is 25.4 Å². The van der Waals surface area contributed by atoms with Gasteiger partial charge in [-0.15, -0.1) is 11.3 Å². The van der Waals surface area contributed by atoms with Gasteiger partial charge in [0.25, 0.3) is 0 Å². The molecule has 1 fully saturated rings. The van der Waals surface area contributed by atoms with Crippen molar-refractivity contribution in [3.05, 3.63) is 20.8 Å². The van der Waals surface area contributed by atoms with Gasteiger partial charge in [-0.2, -0.15) is 0 Å². The van der Waals surface area contributed by atoms with Crippen molar-refractivity contribution in [3.63, 3.8) is 0 Å². The second-order valence-corrected chi connectivity index (χ2v) is 7.13. The van der Waals surface area contributed by atoms with Crippen molar-refractivity contribution < 1.29 is 0 Å². The lowest BCUT2D eigenvalue weighted by Gasteiger charge is -2.34. The SMILES string of the molecule is CCNC(c1sccc1Br)C1CN(C)CCCN1C. The lowest BCUT2D eigenvalue weighted by Crippen LogP contribution is -2.46. The molecule has 5 heteroatoms. The number of hydrogen-bond donors (Lipinski definition) is 1. The number of nitrogens with zero attached hydrogens (tertiary/aromatic N) is 2. The standard InChI is InChI=1S/C14H24BrN3S/c1-4-16-13(14-11(15)6-9-19-14)12-10-17(2)7-5-8-18(12)3/h6,9,12-13,16H,4-5,7-8,10H2,1-3H3. The van der Waals surface area contributed by atoms with E-state index in [1.807, 2.05) is 11.3 Å². The highest BCUT2D eigenvalue weighted by atomic mass is 79.9. The molecule has 1 aliphatic rings. The van der Waals surface area contributed by atoms with E-state index in [1.165, 1.54) is 28.9 Å². The molecule has 0 aromatic carbocycles. The summed E-state index contributed by atoms with van der Waals surface area (Å²) in [5, 5.41) is 5.86. The molecular formula is C14H24BrN3S. The van der Waals surface area contributed by atoms with E-state index < -0.39 is 0 Å². The normalized spacial score (nSPS) is 24.3. The van der Waals surface area contributed by atoms with Gasteiger partial charge in [0.2, 0.25) is 0 Å². The predicted molar refractivity (Wildman–Crippen MR) is 87.0 cm³/mol. The molecule has 1 aliphatic heterocycles. The maximum atomic E-state index is 3.70. The van der Waals surface area contributed by atoms with Crippen LogP contribution in [0.5, 0.6) is 0 Å². The molecule has 0 amide bonds. The minimum Gasteiger partial charge on any atom is -0.308 e. The second-order valence-electron chi connectivity index (χ2n) is 5.33. The molecule has 2 unspecified atom stereocenters. The van der Waals surface area contributed by atoms with Crippen molar-refractivity contribution in [1.82, 2.24) is 15.1 Å². The summed E-state index contributed by atoms with van der Waals surface area (Å²) in [6, 6.07) is 3.09. The largest absolute Gasteiger partial charge is 0.308 e. The highest BCUT2D eigenvalue weighted by Gasteiger charge is 2.30. The molecule has 0 spiro atoms. The minimum atomic E-state index is 0.407. The average Bonchev–Trinajstić information content (AvgIpc) is 2.71. The van der Waals surface area contributed by atoms with Crippen LogP contribution in [0.1, 0.15) is 24.3 Å². The fourth-order valence-electron chi connectivity index (χ4n) is 2.82. The molecule has 1 N–H and O–H groups in total. The van der Waals surface area contributed by atoms with Crippen LogP contribution in [-0.4, -0.2) is 56.1 Å². The van der Waals surface area contributed by atoms with Gasteiger partial charge in [0.05, 0.1) is 6.04 Å². The Labute approximate surface area is 129 Å². The summed E-state index contributed by atoms with van der Waals surface area (Å²) in [5.41, 5.74) is 0. The van der Waals surface area contributed by atoms with E-state index in [1.54, 1.807) is 0 Å². The zero-order valence-electron chi connectivity index (χ0n) is 12.0. The third-order valence-corrected chi connectivity index (χ3v) is 5.81. The highest BCUT2D eigenvalue weighted by Crippen LogP contribution is 2.33. The van der Waals surface area contributed by atoms with Crippen LogP contribution in [0.2, 0.25) is 0 Å². The van der Waals surface area contributed by atoms with E-state index in [4.69, 9.17) is 0 Å². The summed E-state index contributed by atoms with van der Waals surface area (Å²) < 4.78 is 1.24. The van der Waals surface area contributed by atoms with Gasteiger partial charge in [-0.1, -0.05) is 6.92 Å². The van der Waals surface area contributed by atoms with Crippen LogP contribution < -0.4 is 5.32 Å². The van der Waals surface area contributed by atoms with E-state index in [0.29, 0.717) is 12.1 Å². The molecule has 0 saturated carbocycles. The average molecular weight is 346 g/mol.